The highest BCUT2D eigenvalue weighted by Gasteiger charge is 2.56. The Morgan fingerprint density at radius 3 is 2.75 bits per heavy atom. The SMILES string of the molecule is Cl.Cn1ccnc1CN(Cc1ccc([N+](=O)[O-])c(Cl)c1)C1CC12CCNCC2. The molecule has 1 unspecified atom stereocenters. The molecule has 152 valence electrons. The molecule has 2 fully saturated rings. The number of hydrogen-bond acceptors (Lipinski definition) is 5. The van der Waals surface area contributed by atoms with Crippen molar-refractivity contribution in [3.05, 3.63) is 57.1 Å². The van der Waals surface area contributed by atoms with E-state index >= 15 is 0 Å². The van der Waals surface area contributed by atoms with Crippen molar-refractivity contribution in [2.24, 2.45) is 12.5 Å². The maximum Gasteiger partial charge on any atom is 0.287 e. The van der Waals surface area contributed by atoms with Crippen molar-refractivity contribution in [1.82, 2.24) is 19.8 Å². The first-order valence-corrected chi connectivity index (χ1v) is 9.70. The van der Waals surface area contributed by atoms with Crippen molar-refractivity contribution in [2.75, 3.05) is 13.1 Å². The maximum absolute atomic E-state index is 11.0. The Kier molecular flexibility index (Phi) is 6.29. The monoisotopic (exact) mass is 425 g/mol. The molecular weight excluding hydrogens is 401 g/mol. The van der Waals surface area contributed by atoms with Crippen molar-refractivity contribution in [3.63, 3.8) is 0 Å². The standard InChI is InChI=1S/C19H24ClN5O2.ClH/c1-23-9-8-22-18(23)13-24(17-11-19(17)4-6-21-7-5-19)12-14-2-3-16(25(26)27)15(20)10-14;/h2-3,8-10,17,21H,4-7,11-13H2,1H3;1H. The fraction of sp³-hybridized carbons (Fsp3) is 0.526. The number of rotatable bonds is 6. The zero-order chi connectivity index (χ0) is 19.0. The van der Waals surface area contributed by atoms with E-state index < -0.39 is 4.92 Å². The number of nitro benzene ring substituents is 1. The van der Waals surface area contributed by atoms with Crippen molar-refractivity contribution in [2.45, 2.75) is 38.4 Å². The summed E-state index contributed by atoms with van der Waals surface area (Å²) in [5.74, 6) is 1.03. The van der Waals surface area contributed by atoms with Gasteiger partial charge in [0.15, 0.2) is 0 Å². The predicted molar refractivity (Wildman–Crippen MR) is 111 cm³/mol. The second-order valence-corrected chi connectivity index (χ2v) is 8.14. The third-order valence-corrected chi connectivity index (χ3v) is 6.35. The maximum atomic E-state index is 11.0. The Hall–Kier alpha value is -1.67. The zero-order valence-corrected chi connectivity index (χ0v) is 17.4. The Morgan fingerprint density at radius 1 is 1.39 bits per heavy atom. The molecule has 1 saturated carbocycles. The third kappa shape index (κ3) is 4.17. The van der Waals surface area contributed by atoms with Gasteiger partial charge in [0.1, 0.15) is 10.8 Å². The minimum atomic E-state index is -0.442. The lowest BCUT2D eigenvalue weighted by molar-refractivity contribution is -0.384. The van der Waals surface area contributed by atoms with E-state index in [-0.39, 0.29) is 23.1 Å². The van der Waals surface area contributed by atoms with Gasteiger partial charge in [0, 0.05) is 38.1 Å². The van der Waals surface area contributed by atoms with Crippen molar-refractivity contribution in [3.8, 4) is 0 Å². The van der Waals surface area contributed by atoms with Gasteiger partial charge >= 0.3 is 0 Å². The Morgan fingerprint density at radius 2 is 2.14 bits per heavy atom. The molecule has 9 heteroatoms. The summed E-state index contributed by atoms with van der Waals surface area (Å²) < 4.78 is 2.05. The lowest BCUT2D eigenvalue weighted by Gasteiger charge is -2.29. The first-order chi connectivity index (χ1) is 13.0. The number of nitrogens with one attached hydrogen (secondary N) is 1. The summed E-state index contributed by atoms with van der Waals surface area (Å²) >= 11 is 6.13. The van der Waals surface area contributed by atoms with E-state index in [2.05, 4.69) is 15.2 Å². The molecule has 1 spiro atoms. The van der Waals surface area contributed by atoms with Crippen LogP contribution in [0.25, 0.3) is 0 Å². The van der Waals surface area contributed by atoms with Gasteiger partial charge in [0.05, 0.1) is 11.5 Å². The first kappa shape index (κ1) is 21.0. The van der Waals surface area contributed by atoms with Crippen LogP contribution < -0.4 is 5.32 Å². The van der Waals surface area contributed by atoms with Crippen LogP contribution in [0.4, 0.5) is 5.69 Å². The number of nitro groups is 1. The summed E-state index contributed by atoms with van der Waals surface area (Å²) in [4.78, 5) is 17.5. The van der Waals surface area contributed by atoms with Gasteiger partial charge in [-0.1, -0.05) is 17.7 Å². The predicted octanol–water partition coefficient (Wildman–Crippen LogP) is 3.55. The molecule has 1 N–H and O–H groups in total. The highest BCUT2D eigenvalue weighted by molar-refractivity contribution is 6.32. The minimum Gasteiger partial charge on any atom is -0.337 e. The smallest absolute Gasteiger partial charge is 0.287 e. The van der Waals surface area contributed by atoms with Crippen molar-refractivity contribution in [1.29, 1.82) is 0 Å². The number of nitrogens with zero attached hydrogens (tertiary/aromatic N) is 4. The van der Waals surface area contributed by atoms with Crippen LogP contribution in [-0.2, 0) is 20.1 Å². The van der Waals surface area contributed by atoms with Crippen LogP contribution in [0, 0.1) is 15.5 Å². The molecule has 1 aromatic heterocycles. The number of halogens is 2. The van der Waals surface area contributed by atoms with Crippen molar-refractivity contribution < 1.29 is 4.92 Å². The Balaban J connectivity index is 0.00000225. The molecule has 7 nitrogen and oxygen atoms in total. The first-order valence-electron chi connectivity index (χ1n) is 9.32. The van der Waals surface area contributed by atoms with Crippen LogP contribution in [0.1, 0.15) is 30.7 Å². The van der Waals surface area contributed by atoms with E-state index in [0.29, 0.717) is 18.0 Å². The quantitative estimate of drug-likeness (QED) is 0.565. The van der Waals surface area contributed by atoms with Gasteiger partial charge in [0.2, 0.25) is 0 Å². The third-order valence-electron chi connectivity index (χ3n) is 6.05. The molecule has 0 radical (unpaired) electrons. The molecule has 2 heterocycles. The van der Waals surface area contributed by atoms with Gasteiger partial charge < -0.3 is 9.88 Å². The van der Waals surface area contributed by atoms with Crippen LogP contribution in [0.5, 0.6) is 0 Å². The average Bonchev–Trinajstić information content (AvgIpc) is 3.16. The fourth-order valence-electron chi connectivity index (χ4n) is 4.34. The number of hydrogen-bond donors (Lipinski definition) is 1. The normalized spacial score (nSPS) is 20.2. The lowest BCUT2D eigenvalue weighted by Crippen LogP contribution is -2.36. The van der Waals surface area contributed by atoms with E-state index in [1.165, 1.54) is 25.3 Å². The molecule has 2 aliphatic rings. The molecular formula is C19H25Cl2N5O2. The Labute approximate surface area is 175 Å². The van der Waals surface area contributed by atoms with Crippen LogP contribution in [0.15, 0.2) is 30.6 Å². The molecule has 1 aliphatic heterocycles. The second kappa shape index (κ2) is 8.37. The van der Waals surface area contributed by atoms with Crippen LogP contribution in [0.3, 0.4) is 0 Å². The van der Waals surface area contributed by atoms with Gasteiger partial charge in [-0.15, -0.1) is 12.4 Å². The molecule has 2 aromatic rings. The highest BCUT2D eigenvalue weighted by Crippen LogP contribution is 2.56. The summed E-state index contributed by atoms with van der Waals surface area (Å²) in [5, 5.41) is 14.7. The topological polar surface area (TPSA) is 76.2 Å². The fourth-order valence-corrected chi connectivity index (χ4v) is 4.61. The summed E-state index contributed by atoms with van der Waals surface area (Å²) in [7, 11) is 2.01. The molecule has 1 aliphatic carbocycles. The second-order valence-electron chi connectivity index (χ2n) is 7.73. The van der Waals surface area contributed by atoms with E-state index in [4.69, 9.17) is 11.6 Å². The largest absolute Gasteiger partial charge is 0.337 e. The number of piperidine rings is 1. The van der Waals surface area contributed by atoms with Gasteiger partial charge in [-0.25, -0.2) is 4.98 Å². The number of imidazole rings is 1. The number of benzene rings is 1. The molecule has 1 saturated heterocycles. The highest BCUT2D eigenvalue weighted by atomic mass is 35.5. The van der Waals surface area contributed by atoms with Gasteiger partial charge in [0.25, 0.3) is 5.69 Å². The number of aryl methyl sites for hydroxylation is 1. The molecule has 28 heavy (non-hydrogen) atoms. The molecule has 4 rings (SSSR count). The molecule has 1 aromatic carbocycles. The molecule has 1 atom stereocenters. The zero-order valence-electron chi connectivity index (χ0n) is 15.8. The minimum absolute atomic E-state index is 0. The van der Waals surface area contributed by atoms with Gasteiger partial charge in [-0.3, -0.25) is 15.0 Å². The van der Waals surface area contributed by atoms with E-state index in [1.807, 2.05) is 30.1 Å². The van der Waals surface area contributed by atoms with Gasteiger partial charge in [-0.05, 0) is 49.4 Å². The number of aromatic nitrogens is 2. The van der Waals surface area contributed by atoms with Crippen molar-refractivity contribution >= 4 is 29.7 Å². The molecule has 0 amide bonds. The summed E-state index contributed by atoms with van der Waals surface area (Å²) in [6.45, 7) is 3.63. The summed E-state index contributed by atoms with van der Waals surface area (Å²) in [5.41, 5.74) is 1.36. The Bertz CT molecular complexity index is 851. The van der Waals surface area contributed by atoms with Gasteiger partial charge in [-0.2, -0.15) is 0 Å². The summed E-state index contributed by atoms with van der Waals surface area (Å²) in [6, 6.07) is 5.56. The molecule has 0 bridgehead atoms. The van der Waals surface area contributed by atoms with Crippen LogP contribution in [0.2, 0.25) is 5.02 Å². The van der Waals surface area contributed by atoms with E-state index in [0.717, 1.165) is 31.0 Å². The lowest BCUT2D eigenvalue weighted by atomic mass is 9.93. The summed E-state index contributed by atoms with van der Waals surface area (Å²) in [6.07, 6.45) is 7.40. The van der Waals surface area contributed by atoms with E-state index in [9.17, 15) is 10.1 Å². The average molecular weight is 426 g/mol. The van der Waals surface area contributed by atoms with Crippen LogP contribution >= 0.6 is 24.0 Å². The van der Waals surface area contributed by atoms with E-state index in [1.54, 1.807) is 6.07 Å². The van der Waals surface area contributed by atoms with Crippen LogP contribution in [-0.4, -0.2) is 38.5 Å².